The Bertz CT molecular complexity index is 576. The fraction of sp³-hybridized carbons (Fsp3) is 0.462. The first-order valence-electron chi connectivity index (χ1n) is 6.25. The number of carbonyl (C=O) groups is 1. The van der Waals surface area contributed by atoms with E-state index in [2.05, 4.69) is 0 Å². The van der Waals surface area contributed by atoms with Crippen molar-refractivity contribution < 1.29 is 18.3 Å². The van der Waals surface area contributed by atoms with Crippen LogP contribution in [0.1, 0.15) is 13.3 Å². The molecule has 0 atom stereocenters. The second-order valence-electron chi connectivity index (χ2n) is 4.73. The van der Waals surface area contributed by atoms with Gasteiger partial charge >= 0.3 is 5.97 Å². The van der Waals surface area contributed by atoms with Crippen LogP contribution in [0.25, 0.3) is 0 Å². The number of aliphatic carboxylic acids is 1. The number of carboxylic acid groups (broad SMARTS) is 1. The summed E-state index contributed by atoms with van der Waals surface area (Å²) < 4.78 is 24.3. The van der Waals surface area contributed by atoms with E-state index in [1.807, 2.05) is 6.92 Å². The van der Waals surface area contributed by atoms with Crippen LogP contribution in [-0.2, 0) is 14.6 Å². The molecular formula is C13H17NO4S. The summed E-state index contributed by atoms with van der Waals surface area (Å²) in [5, 5.41) is 8.87. The molecule has 0 amide bonds. The molecule has 1 heterocycles. The lowest BCUT2D eigenvalue weighted by atomic mass is 10.00. The summed E-state index contributed by atoms with van der Waals surface area (Å²) in [6.07, 6.45) is 0.564. The molecule has 1 fully saturated rings. The van der Waals surface area contributed by atoms with E-state index in [1.54, 1.807) is 29.2 Å². The van der Waals surface area contributed by atoms with Gasteiger partial charge in [-0.1, -0.05) is 19.1 Å². The van der Waals surface area contributed by atoms with E-state index in [1.165, 1.54) is 0 Å². The minimum atomic E-state index is -3.29. The second-order valence-corrected chi connectivity index (χ2v) is 6.80. The SMILES string of the molecule is CCCS(=O)(=O)c1ccccc1N1CC(C(=O)O)C1. The molecule has 1 aliphatic heterocycles. The molecule has 6 heteroatoms. The summed E-state index contributed by atoms with van der Waals surface area (Å²) in [6.45, 7) is 2.56. The van der Waals surface area contributed by atoms with E-state index in [-0.39, 0.29) is 5.75 Å². The maximum absolute atomic E-state index is 12.2. The highest BCUT2D eigenvalue weighted by molar-refractivity contribution is 7.91. The number of benzene rings is 1. The Kier molecular flexibility index (Phi) is 3.80. The number of para-hydroxylation sites is 1. The molecule has 0 aliphatic carbocycles. The van der Waals surface area contributed by atoms with Crippen molar-refractivity contribution in [1.29, 1.82) is 0 Å². The molecule has 0 bridgehead atoms. The van der Waals surface area contributed by atoms with Gasteiger partial charge in [-0.2, -0.15) is 0 Å². The minimum Gasteiger partial charge on any atom is -0.481 e. The Morgan fingerprint density at radius 2 is 2.00 bits per heavy atom. The number of hydrogen-bond donors (Lipinski definition) is 1. The van der Waals surface area contributed by atoms with Crippen molar-refractivity contribution in [3.05, 3.63) is 24.3 Å². The highest BCUT2D eigenvalue weighted by atomic mass is 32.2. The van der Waals surface area contributed by atoms with Crippen molar-refractivity contribution in [3.63, 3.8) is 0 Å². The molecule has 19 heavy (non-hydrogen) atoms. The lowest BCUT2D eigenvalue weighted by molar-refractivity contribution is -0.142. The van der Waals surface area contributed by atoms with Gasteiger partial charge in [0.05, 0.1) is 22.3 Å². The van der Waals surface area contributed by atoms with Gasteiger partial charge in [0, 0.05) is 13.1 Å². The minimum absolute atomic E-state index is 0.111. The van der Waals surface area contributed by atoms with Gasteiger partial charge in [-0.25, -0.2) is 8.42 Å². The molecule has 0 unspecified atom stereocenters. The van der Waals surface area contributed by atoms with Crippen LogP contribution in [0.4, 0.5) is 5.69 Å². The molecule has 0 radical (unpaired) electrons. The van der Waals surface area contributed by atoms with Crippen LogP contribution in [0.15, 0.2) is 29.2 Å². The molecule has 0 saturated carbocycles. The van der Waals surface area contributed by atoms with Crippen molar-refractivity contribution in [2.45, 2.75) is 18.2 Å². The van der Waals surface area contributed by atoms with Crippen LogP contribution in [-0.4, -0.2) is 38.3 Å². The van der Waals surface area contributed by atoms with E-state index in [0.717, 1.165) is 0 Å². The number of anilines is 1. The van der Waals surface area contributed by atoms with Gasteiger partial charge in [0.2, 0.25) is 0 Å². The van der Waals surface area contributed by atoms with Crippen molar-refractivity contribution in [1.82, 2.24) is 0 Å². The van der Waals surface area contributed by atoms with Gasteiger partial charge in [0.15, 0.2) is 9.84 Å². The summed E-state index contributed by atoms with van der Waals surface area (Å²) in [5.74, 6) is -1.12. The number of nitrogens with zero attached hydrogens (tertiary/aromatic N) is 1. The molecule has 1 N–H and O–H groups in total. The lowest BCUT2D eigenvalue weighted by Gasteiger charge is -2.39. The van der Waals surface area contributed by atoms with Gasteiger partial charge in [0.1, 0.15) is 0 Å². The third-order valence-corrected chi connectivity index (χ3v) is 5.21. The largest absolute Gasteiger partial charge is 0.481 e. The number of hydrogen-bond acceptors (Lipinski definition) is 4. The Morgan fingerprint density at radius 3 is 2.58 bits per heavy atom. The summed E-state index contributed by atoms with van der Waals surface area (Å²) in [5.41, 5.74) is 0.619. The Hall–Kier alpha value is -1.56. The molecular weight excluding hydrogens is 266 g/mol. The van der Waals surface area contributed by atoms with E-state index in [9.17, 15) is 13.2 Å². The van der Waals surface area contributed by atoms with Crippen molar-refractivity contribution in [2.24, 2.45) is 5.92 Å². The number of sulfone groups is 1. The van der Waals surface area contributed by atoms with Gasteiger partial charge in [0.25, 0.3) is 0 Å². The Labute approximate surface area is 112 Å². The average molecular weight is 283 g/mol. The second kappa shape index (κ2) is 5.21. The van der Waals surface area contributed by atoms with Gasteiger partial charge < -0.3 is 10.0 Å². The summed E-state index contributed by atoms with van der Waals surface area (Å²) in [4.78, 5) is 12.9. The lowest BCUT2D eigenvalue weighted by Crippen LogP contribution is -2.50. The van der Waals surface area contributed by atoms with Gasteiger partial charge in [-0.3, -0.25) is 4.79 Å². The van der Waals surface area contributed by atoms with E-state index < -0.39 is 21.7 Å². The zero-order valence-corrected chi connectivity index (χ0v) is 11.6. The zero-order chi connectivity index (χ0) is 14.0. The highest BCUT2D eigenvalue weighted by Crippen LogP contribution is 2.31. The van der Waals surface area contributed by atoms with Crippen LogP contribution in [0.5, 0.6) is 0 Å². The maximum Gasteiger partial charge on any atom is 0.310 e. The van der Waals surface area contributed by atoms with Crippen LogP contribution in [0, 0.1) is 5.92 Å². The molecule has 5 nitrogen and oxygen atoms in total. The van der Waals surface area contributed by atoms with Crippen molar-refractivity contribution in [3.8, 4) is 0 Å². The first kappa shape index (κ1) is 13.9. The molecule has 0 aromatic heterocycles. The molecule has 2 rings (SSSR count). The average Bonchev–Trinajstić information content (AvgIpc) is 2.27. The fourth-order valence-electron chi connectivity index (χ4n) is 2.19. The topological polar surface area (TPSA) is 74.7 Å². The van der Waals surface area contributed by atoms with Crippen molar-refractivity contribution in [2.75, 3.05) is 23.7 Å². The first-order valence-corrected chi connectivity index (χ1v) is 7.90. The standard InChI is InChI=1S/C13H17NO4S/c1-2-7-19(17,18)12-6-4-3-5-11(12)14-8-10(9-14)13(15)16/h3-6,10H,2,7-9H2,1H3,(H,15,16). The zero-order valence-electron chi connectivity index (χ0n) is 10.7. The Morgan fingerprint density at radius 1 is 1.37 bits per heavy atom. The van der Waals surface area contributed by atoms with Crippen LogP contribution >= 0.6 is 0 Å². The molecule has 0 spiro atoms. The monoisotopic (exact) mass is 283 g/mol. The summed E-state index contributed by atoms with van der Waals surface area (Å²) in [6, 6.07) is 6.80. The number of rotatable bonds is 5. The highest BCUT2D eigenvalue weighted by Gasteiger charge is 2.34. The third kappa shape index (κ3) is 2.73. The van der Waals surface area contributed by atoms with Gasteiger partial charge in [-0.05, 0) is 18.6 Å². The molecule has 104 valence electrons. The smallest absolute Gasteiger partial charge is 0.310 e. The molecule has 1 aromatic carbocycles. The van der Waals surface area contributed by atoms with Gasteiger partial charge in [-0.15, -0.1) is 0 Å². The van der Waals surface area contributed by atoms with E-state index in [0.29, 0.717) is 30.1 Å². The van der Waals surface area contributed by atoms with Crippen molar-refractivity contribution >= 4 is 21.5 Å². The van der Waals surface area contributed by atoms with Crippen LogP contribution in [0.2, 0.25) is 0 Å². The van der Waals surface area contributed by atoms with E-state index in [4.69, 9.17) is 5.11 Å². The molecule has 1 aromatic rings. The predicted molar refractivity (Wildman–Crippen MR) is 72.1 cm³/mol. The quantitative estimate of drug-likeness (QED) is 0.884. The molecule has 1 aliphatic rings. The molecule has 1 saturated heterocycles. The van der Waals surface area contributed by atoms with E-state index >= 15 is 0 Å². The Balaban J connectivity index is 2.26. The summed E-state index contributed by atoms with van der Waals surface area (Å²) in [7, 11) is -3.29. The summed E-state index contributed by atoms with van der Waals surface area (Å²) >= 11 is 0. The third-order valence-electron chi connectivity index (χ3n) is 3.24. The first-order chi connectivity index (χ1) is 8.95. The van der Waals surface area contributed by atoms with Crippen LogP contribution in [0.3, 0.4) is 0 Å². The van der Waals surface area contributed by atoms with Crippen LogP contribution < -0.4 is 4.90 Å². The maximum atomic E-state index is 12.2. The fourth-order valence-corrected chi connectivity index (χ4v) is 3.75. The normalized spacial score (nSPS) is 16.2. The number of carboxylic acids is 1. The predicted octanol–water partition coefficient (Wildman–Crippen LogP) is 1.39.